The van der Waals surface area contributed by atoms with Gasteiger partial charge in [-0.25, -0.2) is 0 Å². The van der Waals surface area contributed by atoms with Crippen molar-refractivity contribution in [3.63, 3.8) is 0 Å². The maximum Gasteiger partial charge on any atom is 0.220 e. The minimum atomic E-state index is -0.355. The standard InChI is InChI=1S/C16H29NO3.C15H28N2O3.C4H8O.C2H6.CH3NO/c1-4-9-16(20)17-14(12-18)10-7-5-6-8-11-15(19)13(2)3;1-11(2)14(19)8-9-15(20)17-10-6-5-7-13(16-4)12(3)18;1-4(2)3-5;1-2;2-1-3/h12-14H,4-11H2,1-3H3,(H,17,20);11,13,16H,5-10H2,1-4H3,(H,17,20);3-4H,1-2H3;1-2H3;1H,(H2,2,3). The summed E-state index contributed by atoms with van der Waals surface area (Å²) in [4.78, 5) is 85.8. The monoisotopic (exact) mass is 715 g/mol. The molecule has 0 aliphatic rings. The van der Waals surface area contributed by atoms with Gasteiger partial charge >= 0.3 is 0 Å². The lowest BCUT2D eigenvalue weighted by molar-refractivity contribution is -0.126. The Morgan fingerprint density at radius 2 is 1.14 bits per heavy atom. The van der Waals surface area contributed by atoms with Crippen LogP contribution in [0.5, 0.6) is 0 Å². The van der Waals surface area contributed by atoms with Crippen LogP contribution in [0, 0.1) is 17.8 Å². The van der Waals surface area contributed by atoms with Gasteiger partial charge in [0.1, 0.15) is 29.9 Å². The number of likely N-dealkylation sites (N-methyl/N-ethyl adjacent to an activating group) is 1. The third kappa shape index (κ3) is 44.7. The van der Waals surface area contributed by atoms with E-state index in [-0.39, 0.29) is 66.0 Å². The Hall–Kier alpha value is -3.28. The van der Waals surface area contributed by atoms with Crippen molar-refractivity contribution < 1.29 is 38.4 Å². The highest BCUT2D eigenvalue weighted by Gasteiger charge is 2.12. The third-order valence-corrected chi connectivity index (χ3v) is 6.92. The minimum absolute atomic E-state index is 0.00661. The molecule has 0 heterocycles. The average molecular weight is 715 g/mol. The molecule has 0 aromatic rings. The molecule has 12 nitrogen and oxygen atoms in total. The molecular weight excluding hydrogens is 640 g/mol. The first-order valence-corrected chi connectivity index (χ1v) is 18.4. The summed E-state index contributed by atoms with van der Waals surface area (Å²) in [5, 5.41) is 8.50. The van der Waals surface area contributed by atoms with E-state index in [1.807, 2.05) is 62.3 Å². The van der Waals surface area contributed by atoms with E-state index in [9.17, 15) is 33.6 Å². The van der Waals surface area contributed by atoms with Crippen molar-refractivity contribution in [1.29, 1.82) is 0 Å². The number of hydrogen-bond acceptors (Lipinski definition) is 9. The predicted molar refractivity (Wildman–Crippen MR) is 202 cm³/mol. The van der Waals surface area contributed by atoms with E-state index in [0.717, 1.165) is 63.9 Å². The van der Waals surface area contributed by atoms with Crippen LogP contribution in [0.4, 0.5) is 0 Å². The van der Waals surface area contributed by atoms with Crippen molar-refractivity contribution in [2.75, 3.05) is 13.6 Å². The van der Waals surface area contributed by atoms with Crippen LogP contribution in [0.3, 0.4) is 0 Å². The number of ketones is 3. The molecule has 3 amide bonds. The van der Waals surface area contributed by atoms with Crippen LogP contribution < -0.4 is 21.7 Å². The maximum absolute atomic E-state index is 11.5. The van der Waals surface area contributed by atoms with E-state index in [2.05, 4.69) is 21.7 Å². The minimum Gasteiger partial charge on any atom is -0.372 e. The van der Waals surface area contributed by atoms with Crippen molar-refractivity contribution in [1.82, 2.24) is 16.0 Å². The molecule has 0 aromatic carbocycles. The highest BCUT2D eigenvalue weighted by molar-refractivity contribution is 5.86. The number of hydrogen-bond donors (Lipinski definition) is 4. The van der Waals surface area contributed by atoms with Gasteiger partial charge < -0.3 is 31.3 Å². The molecule has 0 saturated carbocycles. The van der Waals surface area contributed by atoms with Gasteiger partial charge in [0, 0.05) is 50.0 Å². The molecular formula is C38H74N4O8. The topological polar surface area (TPSA) is 199 Å². The van der Waals surface area contributed by atoms with Gasteiger partial charge in [0.15, 0.2) is 0 Å². The van der Waals surface area contributed by atoms with E-state index < -0.39 is 0 Å². The predicted octanol–water partition coefficient (Wildman–Crippen LogP) is 5.46. The summed E-state index contributed by atoms with van der Waals surface area (Å²) in [5.74, 6) is 0.791. The maximum atomic E-state index is 11.5. The van der Waals surface area contributed by atoms with Crippen LogP contribution in [-0.2, 0) is 38.4 Å². The normalized spacial score (nSPS) is 11.0. The summed E-state index contributed by atoms with van der Waals surface area (Å²) >= 11 is 0. The van der Waals surface area contributed by atoms with Crippen molar-refractivity contribution in [2.45, 2.75) is 165 Å². The molecule has 0 aliphatic heterocycles. The fourth-order valence-corrected chi connectivity index (χ4v) is 3.85. The van der Waals surface area contributed by atoms with Crippen molar-refractivity contribution in [2.24, 2.45) is 23.5 Å². The zero-order valence-electron chi connectivity index (χ0n) is 33.4. The molecule has 5 N–H and O–H groups in total. The lowest BCUT2D eigenvalue weighted by atomic mass is 10.0. The molecule has 0 aromatic heterocycles. The second-order valence-corrected chi connectivity index (χ2v) is 12.6. The number of Topliss-reactive ketones (excluding diaryl/α,β-unsaturated/α-hetero) is 3. The van der Waals surface area contributed by atoms with Gasteiger partial charge in [-0.3, -0.25) is 28.8 Å². The number of nitrogens with one attached hydrogen (secondary N) is 3. The van der Waals surface area contributed by atoms with E-state index in [1.54, 1.807) is 14.0 Å². The van der Waals surface area contributed by atoms with Gasteiger partial charge in [0.05, 0.1) is 12.1 Å². The van der Waals surface area contributed by atoms with Crippen molar-refractivity contribution >= 4 is 48.1 Å². The van der Waals surface area contributed by atoms with E-state index in [4.69, 9.17) is 4.79 Å². The van der Waals surface area contributed by atoms with Gasteiger partial charge in [0.25, 0.3) is 0 Å². The molecule has 2 atom stereocenters. The van der Waals surface area contributed by atoms with Crippen LogP contribution in [0.15, 0.2) is 0 Å². The molecule has 0 fully saturated rings. The van der Waals surface area contributed by atoms with Crippen LogP contribution in [0.2, 0.25) is 0 Å². The fraction of sp³-hybridized carbons (Fsp3) is 0.789. The van der Waals surface area contributed by atoms with Crippen LogP contribution in [-0.4, -0.2) is 73.8 Å². The first-order valence-electron chi connectivity index (χ1n) is 18.4. The molecule has 2 unspecified atom stereocenters. The smallest absolute Gasteiger partial charge is 0.220 e. The second kappa shape index (κ2) is 41.9. The number of nitrogens with two attached hydrogens (primary N) is 1. The molecule has 0 aliphatic carbocycles. The Labute approximate surface area is 304 Å². The molecule has 12 heteroatoms. The Kier molecular flexibility index (Phi) is 47.0. The van der Waals surface area contributed by atoms with Crippen LogP contribution in [0.1, 0.15) is 153 Å². The van der Waals surface area contributed by atoms with Gasteiger partial charge in [-0.2, -0.15) is 0 Å². The Bertz CT molecular complexity index is 892. The lowest BCUT2D eigenvalue weighted by Gasteiger charge is -2.12. The number of carbonyl (C=O) groups excluding carboxylic acids is 8. The zero-order valence-corrected chi connectivity index (χ0v) is 33.4. The Morgan fingerprint density at radius 1 is 0.660 bits per heavy atom. The van der Waals surface area contributed by atoms with Gasteiger partial charge in [-0.05, 0) is 52.5 Å². The molecule has 0 saturated heterocycles. The summed E-state index contributed by atoms with van der Waals surface area (Å²) in [6.07, 6.45) is 11.5. The van der Waals surface area contributed by atoms with E-state index in [1.165, 1.54) is 0 Å². The molecule has 0 rings (SSSR count). The molecule has 0 spiro atoms. The van der Waals surface area contributed by atoms with Crippen LogP contribution in [0.25, 0.3) is 0 Å². The zero-order chi connectivity index (χ0) is 39.9. The number of carbonyl (C=O) groups is 8. The van der Waals surface area contributed by atoms with Crippen molar-refractivity contribution in [3.8, 4) is 0 Å². The van der Waals surface area contributed by atoms with Gasteiger partial charge in [0.2, 0.25) is 18.2 Å². The molecule has 50 heavy (non-hydrogen) atoms. The van der Waals surface area contributed by atoms with E-state index in [0.29, 0.717) is 38.0 Å². The summed E-state index contributed by atoms with van der Waals surface area (Å²) in [6.45, 7) is 19.4. The summed E-state index contributed by atoms with van der Waals surface area (Å²) in [5.41, 5.74) is 4.17. The number of aldehydes is 2. The number of amides is 3. The Balaban J connectivity index is -0.000000213. The van der Waals surface area contributed by atoms with Gasteiger partial charge in [-0.1, -0.05) is 81.6 Å². The lowest BCUT2D eigenvalue weighted by Crippen LogP contribution is -2.35. The summed E-state index contributed by atoms with van der Waals surface area (Å²) in [7, 11) is 1.78. The number of unbranched alkanes of at least 4 members (excludes halogenated alkanes) is 4. The summed E-state index contributed by atoms with van der Waals surface area (Å²) in [6, 6.07) is -0.444. The highest BCUT2D eigenvalue weighted by Crippen LogP contribution is 2.10. The fourth-order valence-electron chi connectivity index (χ4n) is 3.85. The van der Waals surface area contributed by atoms with Crippen LogP contribution >= 0.6 is 0 Å². The first kappa shape index (κ1) is 56.1. The molecule has 0 radical (unpaired) electrons. The number of rotatable bonds is 24. The SMILES string of the molecule is CC.CC(C)C=O.CCCC(=O)NC(C=O)CCCCCCC(=O)C(C)C.CNC(CCCCNC(=O)CCC(=O)C(C)C)C(C)=O.NC=O. The van der Waals surface area contributed by atoms with E-state index >= 15 is 0 Å². The van der Waals surface area contributed by atoms with Crippen molar-refractivity contribution in [3.05, 3.63) is 0 Å². The second-order valence-electron chi connectivity index (χ2n) is 12.6. The summed E-state index contributed by atoms with van der Waals surface area (Å²) < 4.78 is 0. The first-order chi connectivity index (χ1) is 23.6. The number of primary amides is 1. The average Bonchev–Trinajstić information content (AvgIpc) is 3.07. The highest BCUT2D eigenvalue weighted by atomic mass is 16.2. The largest absolute Gasteiger partial charge is 0.372 e. The molecule has 294 valence electrons. The van der Waals surface area contributed by atoms with Gasteiger partial charge in [-0.15, -0.1) is 0 Å². The third-order valence-electron chi connectivity index (χ3n) is 6.92. The Morgan fingerprint density at radius 3 is 1.56 bits per heavy atom. The quantitative estimate of drug-likeness (QED) is 0.0741. The molecule has 0 bridgehead atoms.